The largest absolute Gasteiger partial charge is 0.339 e. The summed E-state index contributed by atoms with van der Waals surface area (Å²) >= 11 is 8.81. The number of imidazole rings is 1. The molecule has 0 saturated heterocycles. The molecule has 27 heavy (non-hydrogen) atoms. The second-order valence-corrected chi connectivity index (χ2v) is 7.38. The lowest BCUT2D eigenvalue weighted by atomic mass is 10.0. The average Bonchev–Trinajstić information content (AvgIpc) is 3.09. The third-order valence-corrected chi connectivity index (χ3v) is 5.21. The second-order valence-electron chi connectivity index (χ2n) is 6.10. The summed E-state index contributed by atoms with van der Waals surface area (Å²) in [7, 11) is 0. The zero-order chi connectivity index (χ0) is 19.1. The molecule has 134 valence electrons. The third-order valence-electron chi connectivity index (χ3n) is 4.38. The Labute approximate surface area is 167 Å². The van der Waals surface area contributed by atoms with Gasteiger partial charge in [0.2, 0.25) is 4.77 Å². The van der Waals surface area contributed by atoms with Crippen LogP contribution in [0.4, 0.5) is 5.69 Å². The normalized spacial score (nSPS) is 11.0. The van der Waals surface area contributed by atoms with E-state index in [0.29, 0.717) is 4.77 Å². The van der Waals surface area contributed by atoms with E-state index in [2.05, 4.69) is 25.9 Å². The first-order chi connectivity index (χ1) is 12.9. The van der Waals surface area contributed by atoms with Gasteiger partial charge in [-0.25, -0.2) is 4.98 Å². The molecule has 0 fully saturated rings. The Morgan fingerprint density at radius 1 is 1.19 bits per heavy atom. The lowest BCUT2D eigenvalue weighted by molar-refractivity contribution is -0.384. The predicted octanol–water partition coefficient (Wildman–Crippen LogP) is 5.71. The molecule has 4 aromatic rings. The molecule has 6 nitrogen and oxygen atoms in total. The minimum Gasteiger partial charge on any atom is -0.339 e. The van der Waals surface area contributed by atoms with E-state index in [0.717, 1.165) is 38.1 Å². The van der Waals surface area contributed by atoms with Gasteiger partial charge in [0.15, 0.2) is 0 Å². The lowest BCUT2D eigenvalue weighted by Crippen LogP contribution is -1.95. The highest BCUT2D eigenvalue weighted by molar-refractivity contribution is 9.10. The maximum absolute atomic E-state index is 11.0. The molecule has 0 bridgehead atoms. The van der Waals surface area contributed by atoms with Crippen LogP contribution in [0.15, 0.2) is 59.3 Å². The Kier molecular flexibility index (Phi) is 4.37. The maximum Gasteiger partial charge on any atom is 0.269 e. The summed E-state index contributed by atoms with van der Waals surface area (Å²) in [6.45, 7) is 1.85. The van der Waals surface area contributed by atoms with Gasteiger partial charge in [-0.05, 0) is 54.0 Å². The SMILES string of the molecule is Cc1cc([N+](=O)[O-])ccc1-c1cnc(=S)n2cc(-c3ccc(Br)cc3)[nH]c12. The van der Waals surface area contributed by atoms with Crippen LogP contribution in [0, 0.1) is 21.8 Å². The fourth-order valence-electron chi connectivity index (χ4n) is 3.04. The number of nitro benzene ring substituents is 1. The van der Waals surface area contributed by atoms with Crippen LogP contribution < -0.4 is 0 Å². The fraction of sp³-hybridized carbons (Fsp3) is 0.0526. The number of benzene rings is 2. The predicted molar refractivity (Wildman–Crippen MR) is 110 cm³/mol. The molecular formula is C19H13BrN4O2S. The van der Waals surface area contributed by atoms with Crippen molar-refractivity contribution in [1.29, 1.82) is 0 Å². The van der Waals surface area contributed by atoms with Gasteiger partial charge in [-0.15, -0.1) is 0 Å². The number of hydrogen-bond donors (Lipinski definition) is 1. The number of nitro groups is 1. The van der Waals surface area contributed by atoms with E-state index >= 15 is 0 Å². The number of halogens is 1. The van der Waals surface area contributed by atoms with Crippen molar-refractivity contribution in [2.45, 2.75) is 6.92 Å². The Morgan fingerprint density at radius 3 is 2.59 bits per heavy atom. The summed E-state index contributed by atoms with van der Waals surface area (Å²) < 4.78 is 3.26. The average molecular weight is 441 g/mol. The van der Waals surface area contributed by atoms with Gasteiger partial charge in [-0.1, -0.05) is 28.1 Å². The van der Waals surface area contributed by atoms with Crippen LogP contribution >= 0.6 is 28.1 Å². The van der Waals surface area contributed by atoms with Crippen molar-refractivity contribution >= 4 is 39.5 Å². The topological polar surface area (TPSA) is 76.2 Å². The van der Waals surface area contributed by atoms with Gasteiger partial charge in [0.1, 0.15) is 5.65 Å². The molecule has 0 atom stereocenters. The fourth-order valence-corrected chi connectivity index (χ4v) is 3.50. The number of fused-ring (bicyclic) bond motifs is 1. The molecule has 0 spiro atoms. The smallest absolute Gasteiger partial charge is 0.269 e. The summed E-state index contributed by atoms with van der Waals surface area (Å²) in [4.78, 5) is 18.3. The van der Waals surface area contributed by atoms with E-state index in [1.165, 1.54) is 6.07 Å². The van der Waals surface area contributed by atoms with Crippen molar-refractivity contribution in [2.24, 2.45) is 0 Å². The monoisotopic (exact) mass is 440 g/mol. The van der Waals surface area contributed by atoms with Crippen LogP contribution in [-0.4, -0.2) is 19.3 Å². The Balaban J connectivity index is 1.92. The van der Waals surface area contributed by atoms with Gasteiger partial charge >= 0.3 is 0 Å². The van der Waals surface area contributed by atoms with Crippen molar-refractivity contribution in [3.63, 3.8) is 0 Å². The molecule has 4 rings (SSSR count). The number of rotatable bonds is 3. The highest BCUT2D eigenvalue weighted by Crippen LogP contribution is 2.31. The number of aryl methyl sites for hydroxylation is 1. The molecule has 0 amide bonds. The molecule has 0 aliphatic rings. The molecular weight excluding hydrogens is 428 g/mol. The second kappa shape index (κ2) is 6.71. The quantitative estimate of drug-likeness (QED) is 0.251. The van der Waals surface area contributed by atoms with Gasteiger partial charge in [0.05, 0.1) is 10.6 Å². The number of aromatic amines is 1. The van der Waals surface area contributed by atoms with Crippen molar-refractivity contribution in [1.82, 2.24) is 14.4 Å². The highest BCUT2D eigenvalue weighted by atomic mass is 79.9. The van der Waals surface area contributed by atoms with Crippen LogP contribution in [0.5, 0.6) is 0 Å². The first-order valence-electron chi connectivity index (χ1n) is 8.06. The van der Waals surface area contributed by atoms with E-state index in [9.17, 15) is 10.1 Å². The number of nitrogens with one attached hydrogen (secondary N) is 1. The summed E-state index contributed by atoms with van der Waals surface area (Å²) in [6.07, 6.45) is 3.62. The van der Waals surface area contributed by atoms with E-state index in [1.807, 2.05) is 41.8 Å². The van der Waals surface area contributed by atoms with Crippen LogP contribution in [0.25, 0.3) is 28.0 Å². The zero-order valence-electron chi connectivity index (χ0n) is 14.1. The van der Waals surface area contributed by atoms with E-state index in [-0.39, 0.29) is 5.69 Å². The number of aromatic nitrogens is 3. The molecule has 2 aromatic carbocycles. The highest BCUT2D eigenvalue weighted by Gasteiger charge is 2.14. The summed E-state index contributed by atoms with van der Waals surface area (Å²) in [6, 6.07) is 12.8. The number of hydrogen-bond acceptors (Lipinski definition) is 4. The minimum atomic E-state index is -0.397. The van der Waals surface area contributed by atoms with Gasteiger partial charge < -0.3 is 4.98 Å². The molecule has 0 aliphatic heterocycles. The van der Waals surface area contributed by atoms with Gasteiger partial charge in [0.25, 0.3) is 5.69 Å². The Morgan fingerprint density at radius 2 is 1.93 bits per heavy atom. The van der Waals surface area contributed by atoms with Gasteiger partial charge in [-0.2, -0.15) is 0 Å². The summed E-state index contributed by atoms with van der Waals surface area (Å²) in [5, 5.41) is 11.0. The van der Waals surface area contributed by atoms with Gasteiger partial charge in [-0.3, -0.25) is 14.5 Å². The molecule has 8 heteroatoms. The molecule has 2 aromatic heterocycles. The third kappa shape index (κ3) is 3.17. The van der Waals surface area contributed by atoms with E-state index in [4.69, 9.17) is 12.2 Å². The van der Waals surface area contributed by atoms with Crippen molar-refractivity contribution < 1.29 is 4.92 Å². The van der Waals surface area contributed by atoms with Gasteiger partial charge in [0, 0.05) is 34.6 Å². The van der Waals surface area contributed by atoms with Crippen molar-refractivity contribution in [2.75, 3.05) is 0 Å². The summed E-state index contributed by atoms with van der Waals surface area (Å²) in [5.41, 5.74) is 5.28. The Bertz CT molecular complexity index is 1250. The minimum absolute atomic E-state index is 0.0648. The molecule has 0 saturated carbocycles. The molecule has 0 aliphatic carbocycles. The van der Waals surface area contributed by atoms with Crippen molar-refractivity contribution in [3.05, 3.63) is 79.8 Å². The van der Waals surface area contributed by atoms with Crippen LogP contribution in [-0.2, 0) is 0 Å². The molecule has 0 unspecified atom stereocenters. The van der Waals surface area contributed by atoms with Crippen molar-refractivity contribution in [3.8, 4) is 22.4 Å². The first kappa shape index (κ1) is 17.6. The zero-order valence-corrected chi connectivity index (χ0v) is 16.5. The maximum atomic E-state index is 11.0. The lowest BCUT2D eigenvalue weighted by Gasteiger charge is -2.07. The molecule has 2 heterocycles. The van der Waals surface area contributed by atoms with E-state index in [1.54, 1.807) is 18.3 Å². The Hall–Kier alpha value is -2.84. The number of H-pyrrole nitrogens is 1. The molecule has 1 N–H and O–H groups in total. The molecule has 0 radical (unpaired) electrons. The summed E-state index contributed by atoms with van der Waals surface area (Å²) in [5.74, 6) is 0. The number of nitrogens with zero attached hydrogens (tertiary/aromatic N) is 3. The van der Waals surface area contributed by atoms with Crippen LogP contribution in [0.1, 0.15) is 5.56 Å². The van der Waals surface area contributed by atoms with Crippen LogP contribution in [0.2, 0.25) is 0 Å². The standard InChI is InChI=1S/C19H13BrN4O2S/c1-11-8-14(24(25)26)6-7-15(11)16-9-21-19(27)23-10-17(22-18(16)23)12-2-4-13(20)5-3-12/h2-10,22H,1H3. The number of non-ortho nitro benzene ring substituents is 1. The van der Waals surface area contributed by atoms with Crippen LogP contribution in [0.3, 0.4) is 0 Å². The first-order valence-corrected chi connectivity index (χ1v) is 9.26. The van der Waals surface area contributed by atoms with E-state index < -0.39 is 4.92 Å².